The van der Waals surface area contributed by atoms with E-state index in [9.17, 15) is 0 Å². The first-order chi connectivity index (χ1) is 5.93. The molecule has 0 unspecified atom stereocenters. The van der Waals surface area contributed by atoms with Crippen molar-refractivity contribution >= 4 is 28.4 Å². The van der Waals surface area contributed by atoms with Crippen molar-refractivity contribution in [1.29, 1.82) is 0 Å². The van der Waals surface area contributed by atoms with Crippen LogP contribution in [0.3, 0.4) is 0 Å². The van der Waals surface area contributed by atoms with Gasteiger partial charge in [0.05, 0.1) is 0 Å². The molecule has 1 heterocycles. The van der Waals surface area contributed by atoms with Gasteiger partial charge in [-0.1, -0.05) is 28.7 Å². The SMILES string of the molecule is ICNCCNc1ccccn1. The van der Waals surface area contributed by atoms with Gasteiger partial charge >= 0.3 is 0 Å². The minimum absolute atomic E-state index is 0.917. The summed E-state index contributed by atoms with van der Waals surface area (Å²) < 4.78 is 0.988. The Labute approximate surface area is 86.1 Å². The molecule has 0 bridgehead atoms. The maximum atomic E-state index is 4.14. The molecule has 0 aliphatic heterocycles. The molecule has 2 N–H and O–H groups in total. The number of alkyl halides is 1. The van der Waals surface area contributed by atoms with Crippen molar-refractivity contribution in [2.45, 2.75) is 0 Å². The van der Waals surface area contributed by atoms with Gasteiger partial charge in [0.25, 0.3) is 0 Å². The van der Waals surface area contributed by atoms with E-state index < -0.39 is 0 Å². The molecule has 66 valence electrons. The lowest BCUT2D eigenvalue weighted by atomic mass is 10.4. The molecule has 1 aromatic rings. The van der Waals surface area contributed by atoms with Crippen LogP contribution in [0.25, 0.3) is 0 Å². The number of anilines is 1. The van der Waals surface area contributed by atoms with Gasteiger partial charge in [-0.3, -0.25) is 0 Å². The van der Waals surface area contributed by atoms with Gasteiger partial charge in [-0.15, -0.1) is 0 Å². The largest absolute Gasteiger partial charge is 0.369 e. The maximum Gasteiger partial charge on any atom is 0.125 e. The number of rotatable bonds is 5. The molecule has 4 heteroatoms. The Balaban J connectivity index is 2.16. The molecule has 12 heavy (non-hydrogen) atoms. The summed E-state index contributed by atoms with van der Waals surface area (Å²) in [6.07, 6.45) is 1.79. The van der Waals surface area contributed by atoms with E-state index in [2.05, 4.69) is 38.2 Å². The van der Waals surface area contributed by atoms with Gasteiger partial charge in [-0.25, -0.2) is 4.98 Å². The molecule has 0 radical (unpaired) electrons. The van der Waals surface area contributed by atoms with Crippen molar-refractivity contribution in [1.82, 2.24) is 10.3 Å². The Morgan fingerprint density at radius 3 is 2.92 bits per heavy atom. The smallest absolute Gasteiger partial charge is 0.125 e. The fourth-order valence-electron chi connectivity index (χ4n) is 0.813. The highest BCUT2D eigenvalue weighted by Crippen LogP contribution is 1.97. The lowest BCUT2D eigenvalue weighted by Gasteiger charge is -2.04. The molecule has 0 amide bonds. The van der Waals surface area contributed by atoms with Crippen molar-refractivity contribution in [2.75, 3.05) is 23.0 Å². The molecule has 0 aliphatic rings. The minimum Gasteiger partial charge on any atom is -0.369 e. The van der Waals surface area contributed by atoms with E-state index in [1.165, 1.54) is 0 Å². The van der Waals surface area contributed by atoms with Gasteiger partial charge in [-0.2, -0.15) is 0 Å². The van der Waals surface area contributed by atoms with Crippen LogP contribution in [0.2, 0.25) is 0 Å². The first-order valence-electron chi connectivity index (χ1n) is 3.85. The monoisotopic (exact) mass is 277 g/mol. The fourth-order valence-corrected chi connectivity index (χ4v) is 1.19. The zero-order valence-electron chi connectivity index (χ0n) is 6.76. The zero-order valence-corrected chi connectivity index (χ0v) is 8.91. The standard InChI is InChI=1S/C8H12IN3/c9-7-10-5-6-12-8-3-1-2-4-11-8/h1-4,10H,5-7H2,(H,11,12). The van der Waals surface area contributed by atoms with E-state index in [1.54, 1.807) is 6.20 Å². The normalized spacial score (nSPS) is 9.75. The van der Waals surface area contributed by atoms with Gasteiger partial charge in [0.1, 0.15) is 5.82 Å². The molecule has 0 aliphatic carbocycles. The summed E-state index contributed by atoms with van der Waals surface area (Å²) in [6, 6.07) is 5.85. The quantitative estimate of drug-likeness (QED) is 0.370. The summed E-state index contributed by atoms with van der Waals surface area (Å²) in [7, 11) is 0. The number of nitrogens with one attached hydrogen (secondary N) is 2. The minimum atomic E-state index is 0.917. The molecular weight excluding hydrogens is 265 g/mol. The van der Waals surface area contributed by atoms with Gasteiger partial charge in [-0.05, 0) is 12.1 Å². The lowest BCUT2D eigenvalue weighted by molar-refractivity contribution is 0.813. The molecule has 0 fully saturated rings. The van der Waals surface area contributed by atoms with Crippen LogP contribution >= 0.6 is 22.6 Å². The third-order valence-electron chi connectivity index (χ3n) is 1.37. The van der Waals surface area contributed by atoms with Crippen LogP contribution in [0, 0.1) is 0 Å². The molecule has 0 saturated carbocycles. The van der Waals surface area contributed by atoms with Crippen LogP contribution in [0.15, 0.2) is 24.4 Å². The van der Waals surface area contributed by atoms with Crippen molar-refractivity contribution in [3.63, 3.8) is 0 Å². The number of hydrogen-bond acceptors (Lipinski definition) is 3. The molecule has 3 nitrogen and oxygen atoms in total. The van der Waals surface area contributed by atoms with Gasteiger partial charge < -0.3 is 10.6 Å². The Kier molecular flexibility index (Phi) is 5.02. The Morgan fingerprint density at radius 2 is 2.25 bits per heavy atom. The highest BCUT2D eigenvalue weighted by molar-refractivity contribution is 14.1. The van der Waals surface area contributed by atoms with Crippen LogP contribution < -0.4 is 10.6 Å². The highest BCUT2D eigenvalue weighted by Gasteiger charge is 1.88. The third kappa shape index (κ3) is 3.87. The first kappa shape index (κ1) is 9.73. The molecule has 1 aromatic heterocycles. The van der Waals surface area contributed by atoms with Crippen molar-refractivity contribution in [2.24, 2.45) is 0 Å². The molecule has 0 aromatic carbocycles. The number of nitrogens with zero attached hydrogens (tertiary/aromatic N) is 1. The summed E-state index contributed by atoms with van der Waals surface area (Å²) in [5.41, 5.74) is 0. The van der Waals surface area contributed by atoms with Gasteiger partial charge in [0, 0.05) is 23.8 Å². The Hall–Kier alpha value is -0.360. The average Bonchev–Trinajstić information content (AvgIpc) is 2.14. The van der Waals surface area contributed by atoms with Crippen molar-refractivity contribution in [3.05, 3.63) is 24.4 Å². The lowest BCUT2D eigenvalue weighted by Crippen LogP contribution is -2.20. The topological polar surface area (TPSA) is 37.0 Å². The van der Waals surface area contributed by atoms with Crippen LogP contribution in [0.5, 0.6) is 0 Å². The predicted molar refractivity (Wildman–Crippen MR) is 59.6 cm³/mol. The van der Waals surface area contributed by atoms with Crippen molar-refractivity contribution < 1.29 is 0 Å². The second kappa shape index (κ2) is 6.19. The molecule has 0 atom stereocenters. The summed E-state index contributed by atoms with van der Waals surface area (Å²) in [6.45, 7) is 1.89. The van der Waals surface area contributed by atoms with Crippen LogP contribution in [0.1, 0.15) is 0 Å². The van der Waals surface area contributed by atoms with Crippen molar-refractivity contribution in [3.8, 4) is 0 Å². The Bertz CT molecular complexity index is 203. The van der Waals surface area contributed by atoms with Gasteiger partial charge in [0.15, 0.2) is 0 Å². The van der Waals surface area contributed by atoms with Crippen LogP contribution in [-0.4, -0.2) is 22.6 Å². The second-order valence-electron chi connectivity index (χ2n) is 2.28. The maximum absolute atomic E-state index is 4.14. The first-order valence-corrected chi connectivity index (χ1v) is 5.37. The molecular formula is C8H12IN3. The number of hydrogen-bond donors (Lipinski definition) is 2. The predicted octanol–water partition coefficient (Wildman–Crippen LogP) is 1.48. The number of aromatic nitrogens is 1. The van der Waals surface area contributed by atoms with Gasteiger partial charge in [0.2, 0.25) is 0 Å². The van der Waals surface area contributed by atoms with E-state index in [1.807, 2.05) is 18.2 Å². The molecule has 1 rings (SSSR count). The summed E-state index contributed by atoms with van der Waals surface area (Å²) in [4.78, 5) is 4.14. The summed E-state index contributed by atoms with van der Waals surface area (Å²) in [5, 5.41) is 6.42. The Morgan fingerprint density at radius 1 is 1.33 bits per heavy atom. The number of halogens is 1. The zero-order chi connectivity index (χ0) is 8.65. The van der Waals surface area contributed by atoms with E-state index in [0.29, 0.717) is 0 Å². The summed E-state index contributed by atoms with van der Waals surface area (Å²) in [5.74, 6) is 0.938. The van der Waals surface area contributed by atoms with E-state index in [0.717, 1.165) is 23.5 Å². The van der Waals surface area contributed by atoms with Crippen LogP contribution in [-0.2, 0) is 0 Å². The van der Waals surface area contributed by atoms with E-state index in [4.69, 9.17) is 0 Å². The fraction of sp³-hybridized carbons (Fsp3) is 0.375. The second-order valence-corrected chi connectivity index (χ2v) is 3.04. The molecule has 0 saturated heterocycles. The van der Waals surface area contributed by atoms with Crippen LogP contribution in [0.4, 0.5) is 5.82 Å². The number of pyridine rings is 1. The molecule has 0 spiro atoms. The third-order valence-corrected chi connectivity index (χ3v) is 1.91. The summed E-state index contributed by atoms with van der Waals surface area (Å²) >= 11 is 2.29. The van der Waals surface area contributed by atoms with E-state index in [-0.39, 0.29) is 0 Å². The average molecular weight is 277 g/mol. The highest BCUT2D eigenvalue weighted by atomic mass is 127. The van der Waals surface area contributed by atoms with E-state index >= 15 is 0 Å².